The maximum atomic E-state index is 11.6. The van der Waals surface area contributed by atoms with Gasteiger partial charge in [-0.3, -0.25) is 4.79 Å². The first-order chi connectivity index (χ1) is 7.65. The number of hydrogen-bond acceptors (Lipinski definition) is 2. The summed E-state index contributed by atoms with van der Waals surface area (Å²) in [6.07, 6.45) is 6.73. The third-order valence-electron chi connectivity index (χ3n) is 3.13. The topological polar surface area (TPSA) is 26.3 Å². The van der Waals surface area contributed by atoms with E-state index in [0.29, 0.717) is 12.5 Å². The van der Waals surface area contributed by atoms with Crippen molar-refractivity contribution in [1.29, 1.82) is 0 Å². The number of carbonyl (C=O) groups excluding carboxylic acids is 1. The smallest absolute Gasteiger partial charge is 0.308 e. The molecule has 96 valence electrons. The molecule has 16 heavy (non-hydrogen) atoms. The van der Waals surface area contributed by atoms with Crippen molar-refractivity contribution < 1.29 is 9.53 Å². The SMILES string of the molecule is CCCC[C@@H](CC)COC(=O)[C@@H](C)CCC. The van der Waals surface area contributed by atoms with Crippen LogP contribution in [0.3, 0.4) is 0 Å². The fourth-order valence-corrected chi connectivity index (χ4v) is 1.79. The molecule has 2 nitrogen and oxygen atoms in total. The van der Waals surface area contributed by atoms with Crippen LogP contribution in [-0.2, 0) is 9.53 Å². The van der Waals surface area contributed by atoms with Gasteiger partial charge in [-0.1, -0.05) is 53.4 Å². The first kappa shape index (κ1) is 15.5. The van der Waals surface area contributed by atoms with Crippen LogP contribution in [0.4, 0.5) is 0 Å². The highest BCUT2D eigenvalue weighted by Gasteiger charge is 2.15. The zero-order valence-corrected chi connectivity index (χ0v) is 11.4. The van der Waals surface area contributed by atoms with Crippen molar-refractivity contribution in [3.8, 4) is 0 Å². The van der Waals surface area contributed by atoms with E-state index < -0.39 is 0 Å². The minimum Gasteiger partial charge on any atom is -0.465 e. The number of ether oxygens (including phenoxy) is 1. The highest BCUT2D eigenvalue weighted by Crippen LogP contribution is 2.14. The van der Waals surface area contributed by atoms with E-state index >= 15 is 0 Å². The molecule has 0 aromatic heterocycles. The zero-order valence-electron chi connectivity index (χ0n) is 11.4. The van der Waals surface area contributed by atoms with E-state index in [-0.39, 0.29) is 11.9 Å². The summed E-state index contributed by atoms with van der Waals surface area (Å²) in [4.78, 5) is 11.6. The van der Waals surface area contributed by atoms with Crippen molar-refractivity contribution in [1.82, 2.24) is 0 Å². The molecule has 0 aromatic carbocycles. The summed E-state index contributed by atoms with van der Waals surface area (Å²) in [6, 6.07) is 0. The normalized spacial score (nSPS) is 14.5. The van der Waals surface area contributed by atoms with Gasteiger partial charge in [0.15, 0.2) is 0 Å². The van der Waals surface area contributed by atoms with Gasteiger partial charge < -0.3 is 4.74 Å². The van der Waals surface area contributed by atoms with Gasteiger partial charge >= 0.3 is 5.97 Å². The Bertz CT molecular complexity index is 178. The third-order valence-corrected chi connectivity index (χ3v) is 3.13. The number of rotatable bonds is 9. The lowest BCUT2D eigenvalue weighted by Crippen LogP contribution is -2.19. The van der Waals surface area contributed by atoms with Crippen LogP contribution >= 0.6 is 0 Å². The fraction of sp³-hybridized carbons (Fsp3) is 0.929. The zero-order chi connectivity index (χ0) is 12.4. The van der Waals surface area contributed by atoms with Crippen LogP contribution in [0.1, 0.15) is 66.2 Å². The second-order valence-electron chi connectivity index (χ2n) is 4.74. The molecule has 0 saturated heterocycles. The van der Waals surface area contributed by atoms with Crippen LogP contribution in [-0.4, -0.2) is 12.6 Å². The van der Waals surface area contributed by atoms with Crippen LogP contribution in [0, 0.1) is 11.8 Å². The number of esters is 1. The third kappa shape index (κ3) is 6.86. The Hall–Kier alpha value is -0.530. The molecule has 0 bridgehead atoms. The maximum Gasteiger partial charge on any atom is 0.308 e. The summed E-state index contributed by atoms with van der Waals surface area (Å²) >= 11 is 0. The highest BCUT2D eigenvalue weighted by molar-refractivity contribution is 5.71. The van der Waals surface area contributed by atoms with Gasteiger partial charge in [0, 0.05) is 0 Å². The van der Waals surface area contributed by atoms with Crippen LogP contribution < -0.4 is 0 Å². The van der Waals surface area contributed by atoms with E-state index in [1.165, 1.54) is 19.3 Å². The molecule has 0 radical (unpaired) electrons. The molecule has 0 aromatic rings. The first-order valence-electron chi connectivity index (χ1n) is 6.82. The van der Waals surface area contributed by atoms with Gasteiger partial charge in [-0.2, -0.15) is 0 Å². The summed E-state index contributed by atoms with van der Waals surface area (Å²) in [5.74, 6) is 0.600. The molecule has 0 rings (SSSR count). The lowest BCUT2D eigenvalue weighted by atomic mass is 10.0. The molecule has 0 aliphatic carbocycles. The van der Waals surface area contributed by atoms with Gasteiger partial charge in [0.2, 0.25) is 0 Å². The van der Waals surface area contributed by atoms with Crippen LogP contribution in [0.5, 0.6) is 0 Å². The van der Waals surface area contributed by atoms with E-state index in [4.69, 9.17) is 4.74 Å². The van der Waals surface area contributed by atoms with Crippen LogP contribution in [0.15, 0.2) is 0 Å². The van der Waals surface area contributed by atoms with E-state index in [1.54, 1.807) is 0 Å². The maximum absolute atomic E-state index is 11.6. The fourth-order valence-electron chi connectivity index (χ4n) is 1.79. The Morgan fingerprint density at radius 3 is 2.31 bits per heavy atom. The van der Waals surface area contributed by atoms with E-state index in [9.17, 15) is 4.79 Å². The van der Waals surface area contributed by atoms with Gasteiger partial charge in [0.05, 0.1) is 12.5 Å². The summed E-state index contributed by atoms with van der Waals surface area (Å²) in [5.41, 5.74) is 0. The average molecular weight is 228 g/mol. The number of unbranched alkanes of at least 4 members (excludes halogenated alkanes) is 1. The molecule has 0 spiro atoms. The van der Waals surface area contributed by atoms with Gasteiger partial charge in [-0.15, -0.1) is 0 Å². The van der Waals surface area contributed by atoms with Gasteiger partial charge in [0.25, 0.3) is 0 Å². The molecule has 2 heteroatoms. The monoisotopic (exact) mass is 228 g/mol. The molecule has 0 saturated carbocycles. The summed E-state index contributed by atoms with van der Waals surface area (Å²) < 4.78 is 5.37. The minimum atomic E-state index is -0.0169. The second-order valence-corrected chi connectivity index (χ2v) is 4.74. The predicted octanol–water partition coefficient (Wildman–Crippen LogP) is 4.18. The van der Waals surface area contributed by atoms with Crippen LogP contribution in [0.25, 0.3) is 0 Å². The summed E-state index contributed by atoms with van der Waals surface area (Å²) in [7, 11) is 0. The molecule has 2 atom stereocenters. The molecular formula is C14H28O2. The molecular weight excluding hydrogens is 200 g/mol. The number of carbonyl (C=O) groups is 1. The summed E-state index contributed by atoms with van der Waals surface area (Å²) in [5, 5.41) is 0. The predicted molar refractivity (Wildman–Crippen MR) is 68.3 cm³/mol. The van der Waals surface area contributed by atoms with Crippen molar-refractivity contribution in [3.63, 3.8) is 0 Å². The van der Waals surface area contributed by atoms with Gasteiger partial charge in [-0.25, -0.2) is 0 Å². The molecule has 0 aliphatic rings. The molecule has 0 amide bonds. The highest BCUT2D eigenvalue weighted by atomic mass is 16.5. The molecule has 0 unspecified atom stereocenters. The molecule has 0 aliphatic heterocycles. The Balaban J connectivity index is 3.78. The molecule has 0 N–H and O–H groups in total. The van der Waals surface area contributed by atoms with Crippen molar-refractivity contribution in [2.24, 2.45) is 11.8 Å². The standard InChI is InChI=1S/C14H28O2/c1-5-8-10-13(7-3)11-16-14(15)12(4)9-6-2/h12-13H,5-11H2,1-4H3/t12-,13+/m0/s1. The Morgan fingerprint density at radius 1 is 1.12 bits per heavy atom. The van der Waals surface area contributed by atoms with Gasteiger partial charge in [0.1, 0.15) is 0 Å². The van der Waals surface area contributed by atoms with Gasteiger partial charge in [-0.05, 0) is 18.8 Å². The Labute approximate surface area is 101 Å². The van der Waals surface area contributed by atoms with Crippen LogP contribution in [0.2, 0.25) is 0 Å². The van der Waals surface area contributed by atoms with Crippen molar-refractivity contribution in [2.45, 2.75) is 66.2 Å². The Morgan fingerprint density at radius 2 is 1.81 bits per heavy atom. The van der Waals surface area contributed by atoms with Crippen molar-refractivity contribution in [3.05, 3.63) is 0 Å². The van der Waals surface area contributed by atoms with Crippen molar-refractivity contribution >= 4 is 5.97 Å². The second kappa shape index (κ2) is 9.68. The average Bonchev–Trinajstić information content (AvgIpc) is 2.29. The molecule has 0 heterocycles. The largest absolute Gasteiger partial charge is 0.465 e. The van der Waals surface area contributed by atoms with E-state index in [1.807, 2.05) is 6.92 Å². The number of hydrogen-bond donors (Lipinski definition) is 0. The Kier molecular flexibility index (Phi) is 9.36. The van der Waals surface area contributed by atoms with E-state index in [2.05, 4.69) is 20.8 Å². The lowest BCUT2D eigenvalue weighted by molar-refractivity contribution is -0.149. The minimum absolute atomic E-state index is 0.0169. The molecule has 0 fully saturated rings. The first-order valence-corrected chi connectivity index (χ1v) is 6.82. The lowest BCUT2D eigenvalue weighted by Gasteiger charge is -2.16. The summed E-state index contributed by atoms with van der Waals surface area (Å²) in [6.45, 7) is 9.04. The van der Waals surface area contributed by atoms with E-state index in [0.717, 1.165) is 19.3 Å². The quantitative estimate of drug-likeness (QED) is 0.553. The van der Waals surface area contributed by atoms with Crippen molar-refractivity contribution in [2.75, 3.05) is 6.61 Å².